The third-order valence-electron chi connectivity index (χ3n) is 8.94. The minimum Gasteiger partial charge on any atom is -0.478 e. The Kier molecular flexibility index (Phi) is 25.7. The molecule has 0 aliphatic heterocycles. The van der Waals surface area contributed by atoms with Gasteiger partial charge in [-0.3, -0.25) is 9.59 Å². The first kappa shape index (κ1) is 46.3. The highest BCUT2D eigenvalue weighted by atomic mass is 16.6. The number of carbonyl (C=O) groups is 4. The van der Waals surface area contributed by atoms with Crippen LogP contribution in [0.2, 0.25) is 0 Å². The van der Waals surface area contributed by atoms with Gasteiger partial charge in [-0.1, -0.05) is 114 Å². The van der Waals surface area contributed by atoms with Crippen molar-refractivity contribution < 1.29 is 38.5 Å². The Morgan fingerprint density at radius 1 is 0.481 bits per heavy atom. The van der Waals surface area contributed by atoms with Crippen LogP contribution in [-0.4, -0.2) is 48.8 Å². The largest absolute Gasteiger partial charge is 0.478 e. The van der Waals surface area contributed by atoms with Crippen LogP contribution in [-0.2, 0) is 36.6 Å². The molecule has 52 heavy (non-hydrogen) atoms. The van der Waals surface area contributed by atoms with E-state index in [9.17, 15) is 19.2 Å². The van der Waals surface area contributed by atoms with E-state index in [0.717, 1.165) is 44.9 Å². The molecule has 0 saturated heterocycles. The second-order valence-electron chi connectivity index (χ2n) is 14.7. The van der Waals surface area contributed by atoms with E-state index in [1.165, 1.54) is 109 Å². The molecule has 0 bridgehead atoms. The number of carbonyl (C=O) groups excluding carboxylic acids is 3. The van der Waals surface area contributed by atoms with Gasteiger partial charge in [0, 0.05) is 12.8 Å². The third-order valence-corrected chi connectivity index (χ3v) is 8.94. The maximum Gasteiger partial charge on any atom is 0.338 e. The number of carboxylic acids is 1. The van der Waals surface area contributed by atoms with E-state index < -0.39 is 11.6 Å². The van der Waals surface area contributed by atoms with Gasteiger partial charge in [-0.2, -0.15) is 0 Å². The summed E-state index contributed by atoms with van der Waals surface area (Å²) in [5.41, 5.74) is 3.00. The van der Waals surface area contributed by atoms with Crippen LogP contribution < -0.4 is 0 Å². The summed E-state index contributed by atoms with van der Waals surface area (Å²) in [4.78, 5) is 44.7. The molecule has 0 spiro atoms. The first-order chi connectivity index (χ1) is 24.9. The highest BCUT2D eigenvalue weighted by Gasteiger charge is 2.17. The fourth-order valence-electron chi connectivity index (χ4n) is 5.83. The van der Waals surface area contributed by atoms with Gasteiger partial charge in [0.15, 0.2) is 0 Å². The topological polar surface area (TPSA) is 116 Å². The van der Waals surface area contributed by atoms with Crippen LogP contribution in [0.1, 0.15) is 181 Å². The smallest absolute Gasteiger partial charge is 0.338 e. The van der Waals surface area contributed by atoms with Gasteiger partial charge < -0.3 is 19.3 Å². The van der Waals surface area contributed by atoms with Crippen molar-refractivity contribution in [2.24, 2.45) is 0 Å². The Morgan fingerprint density at radius 2 is 0.788 bits per heavy atom. The molecule has 0 atom stereocenters. The molecule has 0 aliphatic rings. The first-order valence-electron chi connectivity index (χ1n) is 19.7. The van der Waals surface area contributed by atoms with Crippen molar-refractivity contribution in [2.45, 2.75) is 168 Å². The summed E-state index contributed by atoms with van der Waals surface area (Å²) in [6, 6.07) is 15.0. The Balaban J connectivity index is 0.000000526. The molecule has 1 N–H and O–H groups in total. The molecule has 0 aliphatic carbocycles. The lowest BCUT2D eigenvalue weighted by atomic mass is 10.0. The minimum atomic E-state index is -0.869. The number of hydrogen-bond acceptors (Lipinski definition) is 7. The Hall–Kier alpha value is -3.68. The number of aromatic carboxylic acids is 1. The fraction of sp³-hybridized carbons (Fsp3) is 0.636. The Labute approximate surface area is 314 Å². The number of unbranched alkanes of at least 4 members (excludes halogenated alkanes) is 16. The molecule has 292 valence electrons. The van der Waals surface area contributed by atoms with Crippen molar-refractivity contribution >= 4 is 23.9 Å². The predicted octanol–water partition coefficient (Wildman–Crippen LogP) is 11.3. The van der Waals surface area contributed by atoms with Gasteiger partial charge in [0.2, 0.25) is 0 Å². The van der Waals surface area contributed by atoms with Crippen LogP contribution in [0.25, 0.3) is 0 Å². The zero-order chi connectivity index (χ0) is 38.5. The number of ether oxygens (including phenoxy) is 3. The van der Waals surface area contributed by atoms with Gasteiger partial charge in [-0.05, 0) is 94.7 Å². The summed E-state index contributed by atoms with van der Waals surface area (Å²) in [6.45, 7) is 5.64. The number of esters is 3. The second-order valence-corrected chi connectivity index (χ2v) is 14.7. The third kappa shape index (κ3) is 25.3. The summed E-state index contributed by atoms with van der Waals surface area (Å²) in [7, 11) is 2.88. The van der Waals surface area contributed by atoms with Gasteiger partial charge in [0.1, 0.15) is 5.60 Å². The predicted molar refractivity (Wildman–Crippen MR) is 209 cm³/mol. The van der Waals surface area contributed by atoms with E-state index in [4.69, 9.17) is 9.84 Å². The van der Waals surface area contributed by atoms with Crippen LogP contribution in [0.4, 0.5) is 0 Å². The molecule has 8 heteroatoms. The van der Waals surface area contributed by atoms with Crippen molar-refractivity contribution in [1.82, 2.24) is 0 Å². The molecule has 0 aromatic heterocycles. The summed E-state index contributed by atoms with van der Waals surface area (Å²) in [6.07, 6.45) is 24.7. The molecule has 2 rings (SSSR count). The van der Waals surface area contributed by atoms with Gasteiger partial charge in [-0.15, -0.1) is 0 Å². The zero-order valence-electron chi connectivity index (χ0n) is 33.0. The van der Waals surface area contributed by atoms with Crippen LogP contribution in [0.5, 0.6) is 0 Å². The summed E-state index contributed by atoms with van der Waals surface area (Å²) >= 11 is 0. The lowest BCUT2D eigenvalue weighted by Crippen LogP contribution is -2.23. The number of methoxy groups -OCH3 is 2. The van der Waals surface area contributed by atoms with E-state index in [1.54, 1.807) is 12.1 Å². The highest BCUT2D eigenvalue weighted by molar-refractivity contribution is 5.89. The van der Waals surface area contributed by atoms with Gasteiger partial charge >= 0.3 is 23.9 Å². The number of hydrogen-bond donors (Lipinski definition) is 1. The lowest BCUT2D eigenvalue weighted by Gasteiger charge is -2.19. The van der Waals surface area contributed by atoms with Gasteiger partial charge in [0.05, 0.1) is 25.3 Å². The number of benzene rings is 2. The Bertz CT molecular complexity index is 1240. The fourth-order valence-corrected chi connectivity index (χ4v) is 5.83. The molecule has 0 unspecified atom stereocenters. The molecule has 0 fully saturated rings. The van der Waals surface area contributed by atoms with Crippen LogP contribution in [0, 0.1) is 0 Å². The van der Waals surface area contributed by atoms with Crippen LogP contribution in [0.3, 0.4) is 0 Å². The molecule has 8 nitrogen and oxygen atoms in total. The van der Waals surface area contributed by atoms with Crippen LogP contribution >= 0.6 is 0 Å². The van der Waals surface area contributed by atoms with Crippen molar-refractivity contribution in [3.8, 4) is 0 Å². The normalized spacial score (nSPS) is 10.9. The zero-order valence-corrected chi connectivity index (χ0v) is 33.0. The van der Waals surface area contributed by atoms with E-state index in [0.29, 0.717) is 24.0 Å². The molecule has 0 radical (unpaired) electrons. The summed E-state index contributed by atoms with van der Waals surface area (Å²) in [5, 5.41) is 8.86. The summed E-state index contributed by atoms with van der Waals surface area (Å²) < 4.78 is 14.6. The van der Waals surface area contributed by atoms with Gasteiger partial charge in [-0.25, -0.2) is 9.59 Å². The number of aryl methyl sites for hydroxylation is 2. The van der Waals surface area contributed by atoms with E-state index >= 15 is 0 Å². The van der Waals surface area contributed by atoms with Crippen molar-refractivity contribution in [2.75, 3.05) is 14.2 Å². The maximum absolute atomic E-state index is 12.0. The van der Waals surface area contributed by atoms with Crippen molar-refractivity contribution in [1.29, 1.82) is 0 Å². The highest BCUT2D eigenvalue weighted by Crippen LogP contribution is 2.16. The van der Waals surface area contributed by atoms with Crippen LogP contribution in [0.15, 0.2) is 48.5 Å². The number of rotatable bonds is 26. The Morgan fingerprint density at radius 3 is 1.10 bits per heavy atom. The quantitative estimate of drug-likeness (QED) is 0.0579. The maximum atomic E-state index is 12.0. The first-order valence-corrected chi connectivity index (χ1v) is 19.7. The molecule has 2 aromatic rings. The molecule has 0 saturated carbocycles. The minimum absolute atomic E-state index is 0.0977. The van der Waals surface area contributed by atoms with Crippen molar-refractivity contribution in [3.05, 3.63) is 70.8 Å². The molecular weight excluding hydrogens is 656 g/mol. The summed E-state index contributed by atoms with van der Waals surface area (Å²) in [5.74, 6) is -1.33. The van der Waals surface area contributed by atoms with Gasteiger partial charge in [0.25, 0.3) is 0 Å². The van der Waals surface area contributed by atoms with E-state index in [-0.39, 0.29) is 17.9 Å². The van der Waals surface area contributed by atoms with E-state index in [1.807, 2.05) is 57.2 Å². The molecule has 0 heterocycles. The SMILES string of the molecule is COC(=O)CCCCCCCCCCCc1ccc(C(=O)O)cc1.COC(=O)CCCCCCCCCCCc1ccc(C(=O)OC(C)(C)C)cc1. The number of carboxylic acid groups (broad SMARTS) is 1. The van der Waals surface area contributed by atoms with Crippen molar-refractivity contribution in [3.63, 3.8) is 0 Å². The molecule has 2 aromatic carbocycles. The van der Waals surface area contributed by atoms with E-state index in [2.05, 4.69) is 9.47 Å². The lowest BCUT2D eigenvalue weighted by molar-refractivity contribution is -0.141. The molecular formula is C44H68O8. The monoisotopic (exact) mass is 724 g/mol. The second kappa shape index (κ2) is 28.9. The standard InChI is InChI=1S/C24H38O4.C20H30O4/c1-24(2,3)28-23(26)21-18-16-20(17-19-21)14-12-10-8-6-5-7-9-11-13-15-22(25)27-4;1-24-19(21)12-10-8-6-4-2-3-5-7-9-11-17-13-15-18(16-14-17)20(22)23/h16-19H,5-15H2,1-4H3;13-16H,2-12H2,1H3,(H,22,23). The average molecular weight is 725 g/mol. The molecule has 0 amide bonds. The average Bonchev–Trinajstić information content (AvgIpc) is 3.12.